The van der Waals surface area contributed by atoms with Gasteiger partial charge in [0, 0.05) is 11.6 Å². The summed E-state index contributed by atoms with van der Waals surface area (Å²) in [6, 6.07) is 6.03. The number of esters is 1. The van der Waals surface area contributed by atoms with Crippen LogP contribution in [0.15, 0.2) is 30.6 Å². The Labute approximate surface area is 264 Å². The summed E-state index contributed by atoms with van der Waals surface area (Å²) in [5, 5.41) is 27.0. The molecule has 18 heteroatoms. The number of halogens is 1. The number of fused-ring (bicyclic) bond motifs is 1. The summed E-state index contributed by atoms with van der Waals surface area (Å²) in [4.78, 5) is 25.7. The van der Waals surface area contributed by atoms with Gasteiger partial charge in [0.25, 0.3) is 0 Å². The zero-order valence-electron chi connectivity index (χ0n) is 25.3. The normalized spacial score (nSPS) is 25.1. The average molecular weight is 669 g/mol. The first-order valence-electron chi connectivity index (χ1n) is 14.4. The molecule has 2 aromatic heterocycles. The number of nitrogens with two attached hydrogens (primary N) is 2. The topological polar surface area (TPSA) is 222 Å². The molecule has 1 aromatic carbocycles. The maximum absolute atomic E-state index is 14.2. The minimum atomic E-state index is -4.38. The molecule has 1 saturated carbocycles. The third kappa shape index (κ3) is 6.88. The lowest BCUT2D eigenvalue weighted by Gasteiger charge is -2.33. The molecule has 0 spiro atoms. The molecule has 1 aliphatic carbocycles. The Hall–Kier alpha value is -3.08. The number of benzene rings is 1. The van der Waals surface area contributed by atoms with Crippen molar-refractivity contribution in [1.29, 1.82) is 0 Å². The maximum atomic E-state index is 14.2. The van der Waals surface area contributed by atoms with Crippen LogP contribution in [-0.4, -0.2) is 78.3 Å². The number of hydrogen-bond acceptors (Lipinski definition) is 14. The number of nitrogens with one attached hydrogen (secondary N) is 1. The molecule has 5 rings (SSSR count). The predicted octanol–water partition coefficient (Wildman–Crippen LogP) is 2.44. The van der Waals surface area contributed by atoms with Crippen LogP contribution in [0.3, 0.4) is 0 Å². The Bertz CT molecular complexity index is 1580. The van der Waals surface area contributed by atoms with Crippen molar-refractivity contribution in [2.45, 2.75) is 82.6 Å². The van der Waals surface area contributed by atoms with Crippen molar-refractivity contribution in [3.63, 3.8) is 0 Å². The van der Waals surface area contributed by atoms with Crippen LogP contribution in [-0.2, 0) is 23.4 Å². The van der Waals surface area contributed by atoms with Crippen LogP contribution in [0.1, 0.15) is 53.2 Å². The second kappa shape index (κ2) is 12.6. The lowest BCUT2D eigenvalue weighted by Crippen LogP contribution is -2.49. The van der Waals surface area contributed by atoms with Gasteiger partial charge < -0.3 is 29.9 Å². The number of aliphatic hydroxyl groups excluding tert-OH is 1. The van der Waals surface area contributed by atoms with E-state index < -0.39 is 49.9 Å². The highest BCUT2D eigenvalue weighted by Crippen LogP contribution is 2.48. The van der Waals surface area contributed by atoms with Gasteiger partial charge in [-0.1, -0.05) is 11.6 Å². The van der Waals surface area contributed by atoms with Gasteiger partial charge in [-0.2, -0.15) is 15.1 Å². The molecule has 246 valence electrons. The lowest BCUT2D eigenvalue weighted by atomic mass is 9.96. The SMILES string of the molecule is CCN(N)c1nc(N)nc2c1ncn2[C@@H]1OC(COP(=O)(NC(C)(C)C(=O)OC2CCC2)Oc2ccc(Cl)cc2)[C@@H](O)[C@@]1(C)O. The van der Waals surface area contributed by atoms with Crippen LogP contribution in [0, 0.1) is 0 Å². The first-order chi connectivity index (χ1) is 21.1. The van der Waals surface area contributed by atoms with E-state index in [1.165, 1.54) is 60.9 Å². The molecule has 0 radical (unpaired) electrons. The van der Waals surface area contributed by atoms with Crippen molar-refractivity contribution in [3.8, 4) is 5.75 Å². The van der Waals surface area contributed by atoms with Crippen LogP contribution < -0.4 is 26.2 Å². The van der Waals surface area contributed by atoms with Crippen LogP contribution in [0.25, 0.3) is 11.2 Å². The van der Waals surface area contributed by atoms with Gasteiger partial charge in [0.1, 0.15) is 35.2 Å². The van der Waals surface area contributed by atoms with Crippen LogP contribution >= 0.6 is 19.3 Å². The molecule has 1 saturated heterocycles. The van der Waals surface area contributed by atoms with Gasteiger partial charge in [-0.05, 0) is 71.2 Å². The van der Waals surface area contributed by atoms with Gasteiger partial charge in [-0.25, -0.2) is 15.4 Å². The van der Waals surface area contributed by atoms with E-state index >= 15 is 0 Å². The number of rotatable bonds is 12. The molecule has 2 aliphatic rings. The molecule has 0 amide bonds. The highest BCUT2D eigenvalue weighted by molar-refractivity contribution is 7.52. The van der Waals surface area contributed by atoms with Gasteiger partial charge >= 0.3 is 13.7 Å². The summed E-state index contributed by atoms with van der Waals surface area (Å²) in [5.41, 5.74) is 3.02. The van der Waals surface area contributed by atoms with Gasteiger partial charge in [0.05, 0.1) is 12.9 Å². The van der Waals surface area contributed by atoms with Crippen molar-refractivity contribution in [2.24, 2.45) is 5.84 Å². The Morgan fingerprint density at radius 3 is 2.62 bits per heavy atom. The number of anilines is 2. The molecule has 2 fully saturated rings. The van der Waals surface area contributed by atoms with Crippen molar-refractivity contribution < 1.29 is 38.1 Å². The quantitative estimate of drug-likeness (QED) is 0.0809. The number of nitrogen functional groups attached to an aromatic ring is 1. The number of imidazole rings is 1. The van der Waals surface area contributed by atoms with E-state index in [0.717, 1.165) is 19.3 Å². The summed E-state index contributed by atoms with van der Waals surface area (Å²) < 4.78 is 38.7. The zero-order chi connectivity index (χ0) is 32.7. The Balaban J connectivity index is 1.38. The van der Waals surface area contributed by atoms with Crippen molar-refractivity contribution in [2.75, 3.05) is 23.9 Å². The van der Waals surface area contributed by atoms with Gasteiger partial charge in [0.2, 0.25) is 5.95 Å². The zero-order valence-corrected chi connectivity index (χ0v) is 26.9. The Morgan fingerprint density at radius 2 is 2.00 bits per heavy atom. The number of carbonyl (C=O) groups excluding carboxylic acids is 1. The van der Waals surface area contributed by atoms with E-state index in [9.17, 15) is 19.6 Å². The van der Waals surface area contributed by atoms with Gasteiger partial charge in [0.15, 0.2) is 23.2 Å². The fourth-order valence-corrected chi connectivity index (χ4v) is 6.69. The summed E-state index contributed by atoms with van der Waals surface area (Å²) in [6.07, 6.45) is -0.384. The van der Waals surface area contributed by atoms with E-state index in [2.05, 4.69) is 20.0 Å². The van der Waals surface area contributed by atoms with E-state index in [1.54, 1.807) is 0 Å². The second-order valence-corrected chi connectivity index (χ2v) is 13.8. The number of aliphatic hydroxyl groups is 2. The molecular formula is C27H38ClN8O8P. The van der Waals surface area contributed by atoms with Crippen LogP contribution in [0.5, 0.6) is 5.75 Å². The number of hydrazine groups is 1. The first-order valence-corrected chi connectivity index (χ1v) is 16.3. The molecule has 5 atom stereocenters. The first kappa shape index (κ1) is 33.3. The molecule has 3 heterocycles. The fourth-order valence-electron chi connectivity index (χ4n) is 4.88. The van der Waals surface area contributed by atoms with E-state index in [-0.39, 0.29) is 29.3 Å². The lowest BCUT2D eigenvalue weighted by molar-refractivity contribution is -0.159. The monoisotopic (exact) mass is 668 g/mol. The molecule has 0 bridgehead atoms. The summed E-state index contributed by atoms with van der Waals surface area (Å²) in [7, 11) is -4.38. The summed E-state index contributed by atoms with van der Waals surface area (Å²) in [6.45, 7) is 6.03. The molecular weight excluding hydrogens is 631 g/mol. The fraction of sp³-hybridized carbons (Fsp3) is 0.556. The van der Waals surface area contributed by atoms with Crippen LogP contribution in [0.2, 0.25) is 5.02 Å². The second-order valence-electron chi connectivity index (χ2n) is 11.7. The van der Waals surface area contributed by atoms with E-state index in [1.807, 2.05) is 6.92 Å². The number of aromatic nitrogens is 4. The van der Waals surface area contributed by atoms with Crippen molar-refractivity contribution in [3.05, 3.63) is 35.6 Å². The predicted molar refractivity (Wildman–Crippen MR) is 164 cm³/mol. The molecule has 7 N–H and O–H groups in total. The Morgan fingerprint density at radius 1 is 1.31 bits per heavy atom. The number of nitrogens with zero attached hydrogens (tertiary/aromatic N) is 5. The standard InChI is InChI=1S/C27H38ClN8O8P/c1-5-36(30)22-19-21(32-25(29)33-22)35(14-31-19)23-27(4,39)20(37)18(43-23)13-41-45(40,44-17-11-9-15(28)10-12-17)34-26(2,3)24(38)42-16-7-6-8-16/h9-12,14,16,18,20,23,37,39H,5-8,13,30H2,1-4H3,(H,34,40)(H2,29,32,33)/t18?,20-,23-,27-,45?/m1/s1. The average Bonchev–Trinajstić information content (AvgIpc) is 3.46. The molecule has 2 unspecified atom stereocenters. The highest BCUT2D eigenvalue weighted by atomic mass is 35.5. The van der Waals surface area contributed by atoms with Crippen molar-refractivity contribution in [1.82, 2.24) is 24.6 Å². The number of hydrogen-bond donors (Lipinski definition) is 5. The highest BCUT2D eigenvalue weighted by Gasteiger charge is 2.54. The minimum absolute atomic E-state index is 0.0916. The Kier molecular flexibility index (Phi) is 9.33. The van der Waals surface area contributed by atoms with Crippen molar-refractivity contribution >= 4 is 48.2 Å². The number of carbonyl (C=O) groups is 1. The molecule has 1 aliphatic heterocycles. The van der Waals surface area contributed by atoms with E-state index in [0.29, 0.717) is 17.1 Å². The van der Waals surface area contributed by atoms with Crippen LogP contribution in [0.4, 0.5) is 11.8 Å². The largest absolute Gasteiger partial charge is 0.461 e. The maximum Gasteiger partial charge on any atom is 0.459 e. The molecule has 3 aromatic rings. The minimum Gasteiger partial charge on any atom is -0.461 e. The third-order valence-electron chi connectivity index (χ3n) is 7.74. The van der Waals surface area contributed by atoms with Gasteiger partial charge in [-0.3, -0.25) is 18.9 Å². The number of ether oxygens (including phenoxy) is 2. The van der Waals surface area contributed by atoms with Gasteiger partial charge in [-0.15, -0.1) is 0 Å². The molecule has 45 heavy (non-hydrogen) atoms. The molecule has 16 nitrogen and oxygen atoms in total. The summed E-state index contributed by atoms with van der Waals surface area (Å²) in [5.74, 6) is 5.72. The van der Waals surface area contributed by atoms with E-state index in [4.69, 9.17) is 41.7 Å². The summed E-state index contributed by atoms with van der Waals surface area (Å²) >= 11 is 5.99. The smallest absolute Gasteiger partial charge is 0.459 e. The third-order valence-corrected chi connectivity index (χ3v) is 9.77.